The molecule has 1 aliphatic heterocycles. The quantitative estimate of drug-likeness (QED) is 0.864. The number of rotatable bonds is 3. The molecule has 1 saturated heterocycles. The number of likely N-dealkylation sites (tertiary alicyclic amines) is 1. The topological polar surface area (TPSA) is 40.5 Å². The lowest BCUT2D eigenvalue weighted by Gasteiger charge is -2.40. The number of nitrogens with zero attached hydrogens (tertiary/aromatic N) is 1. The highest BCUT2D eigenvalue weighted by Crippen LogP contribution is 2.27. The molecule has 0 aromatic heterocycles. The van der Waals surface area contributed by atoms with Gasteiger partial charge in [0.2, 0.25) is 0 Å². The van der Waals surface area contributed by atoms with Crippen molar-refractivity contribution in [3.63, 3.8) is 0 Å². The van der Waals surface area contributed by atoms with E-state index in [4.69, 9.17) is 0 Å². The lowest BCUT2D eigenvalue weighted by molar-refractivity contribution is 0.0648. The van der Waals surface area contributed by atoms with E-state index in [1.807, 2.05) is 0 Å². The first kappa shape index (κ1) is 15.0. The number of hydrogen-bond donors (Lipinski definition) is 1. The summed E-state index contributed by atoms with van der Waals surface area (Å²) in [4.78, 5) is 14.4. The number of hydrogen-bond acceptors (Lipinski definition) is 3. The molecule has 0 amide bonds. The number of benzene rings is 1. The fourth-order valence-electron chi connectivity index (χ4n) is 3.04. The number of aromatic hydroxyl groups is 1. The van der Waals surface area contributed by atoms with Gasteiger partial charge in [-0.25, -0.2) is 4.39 Å². The normalized spacial score (nSPS) is 27.5. The van der Waals surface area contributed by atoms with E-state index in [2.05, 4.69) is 25.7 Å². The first-order chi connectivity index (χ1) is 9.38. The summed E-state index contributed by atoms with van der Waals surface area (Å²) < 4.78 is 13.2. The number of halogens is 1. The molecule has 1 aromatic carbocycles. The zero-order valence-electron chi connectivity index (χ0n) is 12.3. The van der Waals surface area contributed by atoms with Gasteiger partial charge >= 0.3 is 0 Å². The molecule has 0 bridgehead atoms. The number of phenolic OH excluding ortho intramolecular Hbond substituents is 1. The number of Topliss-reactive ketones (excluding diaryl/α,β-unsaturated/α-hetero) is 1. The third-order valence-corrected chi connectivity index (χ3v) is 4.33. The predicted molar refractivity (Wildman–Crippen MR) is 76.4 cm³/mol. The summed E-state index contributed by atoms with van der Waals surface area (Å²) in [6.45, 7) is 7.59. The highest BCUT2D eigenvalue weighted by Gasteiger charge is 2.30. The van der Waals surface area contributed by atoms with Gasteiger partial charge in [-0.05, 0) is 43.4 Å². The number of piperidine rings is 1. The second kappa shape index (κ2) is 5.92. The van der Waals surface area contributed by atoms with Gasteiger partial charge in [0.05, 0.1) is 12.1 Å². The summed E-state index contributed by atoms with van der Waals surface area (Å²) in [5, 5.41) is 9.70. The monoisotopic (exact) mass is 279 g/mol. The third kappa shape index (κ3) is 3.18. The zero-order valence-corrected chi connectivity index (χ0v) is 12.3. The molecular formula is C16H22FNO2. The summed E-state index contributed by atoms with van der Waals surface area (Å²) in [6.07, 6.45) is 1.16. The zero-order chi connectivity index (χ0) is 14.9. The summed E-state index contributed by atoms with van der Waals surface area (Å²) in [6, 6.07) is 3.82. The van der Waals surface area contributed by atoms with Crippen molar-refractivity contribution in [3.8, 4) is 5.75 Å². The van der Waals surface area contributed by atoms with Crippen LogP contribution in [0.25, 0.3) is 0 Å². The van der Waals surface area contributed by atoms with Crippen LogP contribution in [0.4, 0.5) is 4.39 Å². The Bertz CT molecular complexity index is 503. The Morgan fingerprint density at radius 1 is 1.40 bits per heavy atom. The maximum Gasteiger partial charge on any atom is 0.180 e. The fourth-order valence-corrected chi connectivity index (χ4v) is 3.04. The van der Waals surface area contributed by atoms with Crippen molar-refractivity contribution in [2.75, 3.05) is 13.1 Å². The molecule has 0 radical (unpaired) electrons. The Balaban J connectivity index is 2.12. The van der Waals surface area contributed by atoms with Gasteiger partial charge in [-0.2, -0.15) is 0 Å². The SMILES string of the molecule is CC1CC(C)C(C)N(CC(=O)c2cc(F)ccc2O)C1. The lowest BCUT2D eigenvalue weighted by atomic mass is 9.85. The van der Waals surface area contributed by atoms with Crippen LogP contribution in [-0.2, 0) is 0 Å². The van der Waals surface area contributed by atoms with Gasteiger partial charge in [0.25, 0.3) is 0 Å². The second-order valence-electron chi connectivity index (χ2n) is 6.07. The molecule has 3 nitrogen and oxygen atoms in total. The van der Waals surface area contributed by atoms with E-state index in [0.29, 0.717) is 17.9 Å². The van der Waals surface area contributed by atoms with Gasteiger partial charge in [0, 0.05) is 12.6 Å². The lowest BCUT2D eigenvalue weighted by Crippen LogP contribution is -2.47. The Morgan fingerprint density at radius 3 is 2.80 bits per heavy atom. The minimum Gasteiger partial charge on any atom is -0.507 e. The first-order valence-electron chi connectivity index (χ1n) is 7.14. The van der Waals surface area contributed by atoms with Crippen LogP contribution in [0, 0.1) is 17.7 Å². The molecule has 0 spiro atoms. The predicted octanol–water partition coefficient (Wildman–Crippen LogP) is 3.08. The Hall–Kier alpha value is -1.42. The molecule has 110 valence electrons. The molecule has 3 unspecified atom stereocenters. The van der Waals surface area contributed by atoms with Gasteiger partial charge < -0.3 is 5.11 Å². The number of carbonyl (C=O) groups excluding carboxylic acids is 1. The van der Waals surface area contributed by atoms with Crippen molar-refractivity contribution in [3.05, 3.63) is 29.6 Å². The van der Waals surface area contributed by atoms with E-state index in [1.165, 1.54) is 6.07 Å². The molecule has 3 atom stereocenters. The van der Waals surface area contributed by atoms with Gasteiger partial charge in [0.1, 0.15) is 11.6 Å². The summed E-state index contributed by atoms with van der Waals surface area (Å²) in [5.41, 5.74) is 0.0723. The molecule has 20 heavy (non-hydrogen) atoms. The minimum absolute atomic E-state index is 0.0723. The fraction of sp³-hybridized carbons (Fsp3) is 0.562. The van der Waals surface area contributed by atoms with Crippen LogP contribution in [-0.4, -0.2) is 34.9 Å². The smallest absolute Gasteiger partial charge is 0.180 e. The summed E-state index contributed by atoms with van der Waals surface area (Å²) >= 11 is 0. The van der Waals surface area contributed by atoms with Crippen molar-refractivity contribution in [1.82, 2.24) is 4.90 Å². The number of ketones is 1. The van der Waals surface area contributed by atoms with E-state index in [-0.39, 0.29) is 23.6 Å². The summed E-state index contributed by atoms with van der Waals surface area (Å²) in [5.74, 6) is 0.208. The number of phenols is 1. The van der Waals surface area contributed by atoms with Crippen LogP contribution in [0.1, 0.15) is 37.6 Å². The van der Waals surface area contributed by atoms with E-state index in [9.17, 15) is 14.3 Å². The van der Waals surface area contributed by atoms with Crippen molar-refractivity contribution >= 4 is 5.78 Å². The third-order valence-electron chi connectivity index (χ3n) is 4.33. The molecule has 4 heteroatoms. The van der Waals surface area contributed by atoms with E-state index < -0.39 is 5.82 Å². The van der Waals surface area contributed by atoms with Crippen LogP contribution >= 0.6 is 0 Å². The van der Waals surface area contributed by atoms with Crippen molar-refractivity contribution < 1.29 is 14.3 Å². The molecule has 2 rings (SSSR count). The first-order valence-corrected chi connectivity index (χ1v) is 7.14. The largest absolute Gasteiger partial charge is 0.507 e. The van der Waals surface area contributed by atoms with Gasteiger partial charge in [0.15, 0.2) is 5.78 Å². The highest BCUT2D eigenvalue weighted by molar-refractivity contribution is 6.00. The van der Waals surface area contributed by atoms with E-state index in [1.54, 1.807) is 0 Å². The highest BCUT2D eigenvalue weighted by atomic mass is 19.1. The molecule has 0 saturated carbocycles. The maximum atomic E-state index is 13.2. The molecule has 1 fully saturated rings. The molecule has 1 aromatic rings. The average molecular weight is 279 g/mol. The Kier molecular flexibility index (Phi) is 4.43. The molecule has 1 heterocycles. The van der Waals surface area contributed by atoms with Crippen LogP contribution in [0.2, 0.25) is 0 Å². The Morgan fingerprint density at radius 2 is 2.10 bits per heavy atom. The van der Waals surface area contributed by atoms with Crippen LogP contribution < -0.4 is 0 Å². The van der Waals surface area contributed by atoms with Crippen LogP contribution in [0.3, 0.4) is 0 Å². The Labute approximate surface area is 119 Å². The van der Waals surface area contributed by atoms with Crippen molar-refractivity contribution in [1.29, 1.82) is 0 Å². The van der Waals surface area contributed by atoms with Crippen LogP contribution in [0.5, 0.6) is 5.75 Å². The molecular weight excluding hydrogens is 257 g/mol. The van der Waals surface area contributed by atoms with Gasteiger partial charge in [-0.3, -0.25) is 9.69 Å². The maximum absolute atomic E-state index is 13.2. The van der Waals surface area contributed by atoms with Gasteiger partial charge in [-0.1, -0.05) is 13.8 Å². The van der Waals surface area contributed by atoms with Gasteiger partial charge in [-0.15, -0.1) is 0 Å². The van der Waals surface area contributed by atoms with Crippen LogP contribution in [0.15, 0.2) is 18.2 Å². The molecule has 0 aliphatic carbocycles. The van der Waals surface area contributed by atoms with E-state index in [0.717, 1.165) is 25.1 Å². The second-order valence-corrected chi connectivity index (χ2v) is 6.07. The molecule has 1 N–H and O–H groups in total. The number of carbonyl (C=O) groups is 1. The van der Waals surface area contributed by atoms with Crippen molar-refractivity contribution in [2.45, 2.75) is 33.2 Å². The molecule has 1 aliphatic rings. The van der Waals surface area contributed by atoms with E-state index >= 15 is 0 Å². The minimum atomic E-state index is -0.500. The summed E-state index contributed by atoms with van der Waals surface area (Å²) in [7, 11) is 0. The standard InChI is InChI=1S/C16H22FNO2/c1-10-6-11(2)12(3)18(8-10)9-16(20)14-7-13(17)4-5-15(14)19/h4-5,7,10-12,19H,6,8-9H2,1-3H3. The van der Waals surface area contributed by atoms with Crippen molar-refractivity contribution in [2.24, 2.45) is 11.8 Å². The average Bonchev–Trinajstić information content (AvgIpc) is 2.38.